The number of nitrogens with zero attached hydrogens (tertiary/aromatic N) is 2. The minimum atomic E-state index is -0.957. The summed E-state index contributed by atoms with van der Waals surface area (Å²) in [4.78, 5) is 11.7. The molecule has 4 aromatic rings. The third-order valence-electron chi connectivity index (χ3n) is 6.30. The molecule has 0 spiro atoms. The van der Waals surface area contributed by atoms with Crippen molar-refractivity contribution in [1.29, 1.82) is 0 Å². The van der Waals surface area contributed by atoms with E-state index in [0.29, 0.717) is 12.2 Å². The van der Waals surface area contributed by atoms with Crippen LogP contribution in [-0.2, 0) is 13.6 Å². The van der Waals surface area contributed by atoms with Gasteiger partial charge in [0.15, 0.2) is 0 Å². The first-order chi connectivity index (χ1) is 17.4. The van der Waals surface area contributed by atoms with Gasteiger partial charge in [0, 0.05) is 47.6 Å². The van der Waals surface area contributed by atoms with Crippen LogP contribution >= 0.6 is 0 Å². The molecule has 0 amide bonds. The lowest BCUT2D eigenvalue weighted by Crippen LogP contribution is -2.11. The third-order valence-corrected chi connectivity index (χ3v) is 6.30. The zero-order chi connectivity index (χ0) is 25.2. The summed E-state index contributed by atoms with van der Waals surface area (Å²) in [5, 5.41) is 18.4. The Morgan fingerprint density at radius 3 is 2.81 bits per heavy atom. The highest BCUT2D eigenvalue weighted by atomic mass is 16.5. The lowest BCUT2D eigenvalue weighted by atomic mass is 9.93. The largest absolute Gasteiger partial charge is 0.478 e. The number of para-hydroxylation sites is 1. The number of aromatic carboxylic acids is 1. The van der Waals surface area contributed by atoms with Crippen LogP contribution < -0.4 is 10.1 Å². The maximum Gasteiger partial charge on any atom is 0.337 e. The number of nitrogens with one attached hydrogen (secondary N) is 1. The molecule has 0 aliphatic carbocycles. The Morgan fingerprint density at radius 2 is 2.00 bits per heavy atom. The molecule has 1 aliphatic heterocycles. The number of benzene rings is 3. The van der Waals surface area contributed by atoms with Gasteiger partial charge in [-0.05, 0) is 67.0 Å². The van der Waals surface area contributed by atoms with Gasteiger partial charge < -0.3 is 15.2 Å². The van der Waals surface area contributed by atoms with Gasteiger partial charge in [-0.3, -0.25) is 4.68 Å². The van der Waals surface area contributed by atoms with Crippen molar-refractivity contribution < 1.29 is 14.6 Å². The van der Waals surface area contributed by atoms with Crippen LogP contribution in [0.1, 0.15) is 52.4 Å². The van der Waals surface area contributed by atoms with E-state index in [4.69, 9.17) is 4.74 Å². The molecule has 5 rings (SSSR count). The molecular weight excluding hydrogens is 450 g/mol. The number of hydrogen-bond acceptors (Lipinski definition) is 4. The summed E-state index contributed by atoms with van der Waals surface area (Å²) in [7, 11) is 1.92. The van der Waals surface area contributed by atoms with E-state index in [1.807, 2.05) is 36.1 Å². The van der Waals surface area contributed by atoms with Crippen LogP contribution in [0.15, 0.2) is 72.9 Å². The molecule has 0 bridgehead atoms. The minimum Gasteiger partial charge on any atom is -0.478 e. The highest BCUT2D eigenvalue weighted by Crippen LogP contribution is 2.41. The van der Waals surface area contributed by atoms with Gasteiger partial charge in [0.05, 0.1) is 11.1 Å². The summed E-state index contributed by atoms with van der Waals surface area (Å²) in [6.45, 7) is 4.68. The average Bonchev–Trinajstić information content (AvgIpc) is 3.25. The molecule has 182 valence electrons. The molecule has 2 N–H and O–H groups in total. The van der Waals surface area contributed by atoms with E-state index >= 15 is 0 Å². The van der Waals surface area contributed by atoms with Crippen molar-refractivity contribution in [3.63, 3.8) is 0 Å². The molecule has 0 radical (unpaired) electrons. The van der Waals surface area contributed by atoms with Crippen LogP contribution in [0.3, 0.4) is 0 Å². The predicted octanol–water partition coefficient (Wildman–Crippen LogP) is 6.81. The molecule has 1 aromatic heterocycles. The highest BCUT2D eigenvalue weighted by Gasteiger charge is 2.22. The Hall–Kier alpha value is -4.32. The second-order valence-electron chi connectivity index (χ2n) is 9.14. The van der Waals surface area contributed by atoms with Crippen molar-refractivity contribution in [2.75, 3.05) is 5.32 Å². The van der Waals surface area contributed by atoms with Crippen LogP contribution in [0.4, 0.5) is 5.69 Å². The van der Waals surface area contributed by atoms with Crippen molar-refractivity contribution in [2.45, 2.75) is 33.2 Å². The van der Waals surface area contributed by atoms with Crippen molar-refractivity contribution in [1.82, 2.24) is 9.78 Å². The Labute approximate surface area is 210 Å². The van der Waals surface area contributed by atoms with E-state index in [9.17, 15) is 9.90 Å². The Bertz CT molecular complexity index is 1530. The van der Waals surface area contributed by atoms with Gasteiger partial charge in [0.2, 0.25) is 0 Å². The first kappa shape index (κ1) is 23.4. The number of carbonyl (C=O) groups is 1. The van der Waals surface area contributed by atoms with Gasteiger partial charge in [0.25, 0.3) is 0 Å². The second kappa shape index (κ2) is 9.74. The number of unbranched alkanes of at least 4 members (excludes halogenated alkanes) is 1. The smallest absolute Gasteiger partial charge is 0.337 e. The first-order valence-electron chi connectivity index (χ1n) is 12.2. The standard InChI is InChI=1S/C30H29N3O3/c1-4-5-8-20-16-28(21-11-12-26-23(15-21)18-33(3)32-26)36-29-22(13-19(2)14-25(20)29)17-31-27-10-7-6-9-24(27)30(34)35/h6-16,18,31H,4-5,17H2,1-3H3,(H,34,35). The van der Waals surface area contributed by atoms with Crippen LogP contribution in [0.25, 0.3) is 22.2 Å². The number of ether oxygens (including phenoxy) is 1. The maximum atomic E-state index is 11.7. The number of fused-ring (bicyclic) bond motifs is 2. The molecule has 6 heteroatoms. The quantitative estimate of drug-likeness (QED) is 0.305. The third kappa shape index (κ3) is 4.62. The fourth-order valence-corrected chi connectivity index (χ4v) is 4.60. The van der Waals surface area contributed by atoms with E-state index in [-0.39, 0.29) is 5.56 Å². The van der Waals surface area contributed by atoms with E-state index in [1.54, 1.807) is 18.2 Å². The van der Waals surface area contributed by atoms with Gasteiger partial charge in [-0.1, -0.05) is 37.6 Å². The van der Waals surface area contributed by atoms with Crippen molar-refractivity contribution in [3.05, 3.63) is 101 Å². The van der Waals surface area contributed by atoms with Crippen LogP contribution in [-0.4, -0.2) is 20.9 Å². The topological polar surface area (TPSA) is 76.4 Å². The highest BCUT2D eigenvalue weighted by molar-refractivity contribution is 5.94. The van der Waals surface area contributed by atoms with Crippen molar-refractivity contribution in [3.8, 4) is 5.75 Å². The van der Waals surface area contributed by atoms with E-state index in [2.05, 4.69) is 54.6 Å². The fourth-order valence-electron chi connectivity index (χ4n) is 4.60. The lowest BCUT2D eigenvalue weighted by Gasteiger charge is -2.24. The zero-order valence-corrected chi connectivity index (χ0v) is 20.7. The molecule has 0 atom stereocenters. The van der Waals surface area contributed by atoms with Gasteiger partial charge in [-0.25, -0.2) is 4.79 Å². The normalized spacial score (nSPS) is 13.9. The monoisotopic (exact) mass is 479 g/mol. The SMILES string of the molecule is CCCC=C1C=C(c2ccc3nn(C)cc3c2)Oc2c(CNc3ccccc3C(=O)O)cc(C)cc21. The number of aryl methyl sites for hydroxylation is 2. The molecule has 0 saturated heterocycles. The molecule has 0 unspecified atom stereocenters. The summed E-state index contributed by atoms with van der Waals surface area (Å²) >= 11 is 0. The molecule has 6 nitrogen and oxygen atoms in total. The number of anilines is 1. The van der Waals surface area contributed by atoms with Crippen LogP contribution in [0.5, 0.6) is 5.75 Å². The molecule has 0 saturated carbocycles. The molecular formula is C30H29N3O3. The summed E-state index contributed by atoms with van der Waals surface area (Å²) in [6, 6.07) is 17.4. The van der Waals surface area contributed by atoms with E-state index < -0.39 is 5.97 Å². The summed E-state index contributed by atoms with van der Waals surface area (Å²) in [5.41, 5.74) is 7.03. The van der Waals surface area contributed by atoms with E-state index in [1.165, 1.54) is 0 Å². The second-order valence-corrected chi connectivity index (χ2v) is 9.14. The summed E-state index contributed by atoms with van der Waals surface area (Å²) < 4.78 is 8.39. The number of carboxylic acid groups (broad SMARTS) is 1. The van der Waals surface area contributed by atoms with Gasteiger partial charge in [0.1, 0.15) is 11.5 Å². The predicted molar refractivity (Wildman–Crippen MR) is 144 cm³/mol. The van der Waals surface area contributed by atoms with Crippen LogP contribution in [0.2, 0.25) is 0 Å². The number of allylic oxidation sites excluding steroid dienone is 3. The van der Waals surface area contributed by atoms with Crippen molar-refractivity contribution in [2.24, 2.45) is 7.05 Å². The number of hydrogen-bond donors (Lipinski definition) is 2. The Kier molecular flexibility index (Phi) is 6.34. The minimum absolute atomic E-state index is 0.244. The Balaban J connectivity index is 1.55. The van der Waals surface area contributed by atoms with E-state index in [0.717, 1.165) is 63.1 Å². The average molecular weight is 480 g/mol. The molecule has 1 aliphatic rings. The van der Waals surface area contributed by atoms with Crippen molar-refractivity contribution >= 4 is 33.9 Å². The van der Waals surface area contributed by atoms with Gasteiger partial charge in [-0.2, -0.15) is 5.10 Å². The molecule has 0 fully saturated rings. The summed E-state index contributed by atoms with van der Waals surface area (Å²) in [5.74, 6) is 0.625. The maximum absolute atomic E-state index is 11.7. The zero-order valence-electron chi connectivity index (χ0n) is 20.7. The van der Waals surface area contributed by atoms with Crippen LogP contribution in [0, 0.1) is 6.92 Å². The Morgan fingerprint density at radius 1 is 1.17 bits per heavy atom. The fraction of sp³-hybridized carbons (Fsp3) is 0.200. The molecule has 36 heavy (non-hydrogen) atoms. The van der Waals surface area contributed by atoms with Gasteiger partial charge in [-0.15, -0.1) is 0 Å². The number of rotatable bonds is 7. The number of aromatic nitrogens is 2. The first-order valence-corrected chi connectivity index (χ1v) is 12.2. The molecule has 3 aromatic carbocycles. The lowest BCUT2D eigenvalue weighted by molar-refractivity contribution is 0.0698. The van der Waals surface area contributed by atoms with Gasteiger partial charge >= 0.3 is 5.97 Å². The summed E-state index contributed by atoms with van der Waals surface area (Å²) in [6.07, 6.45) is 8.40. The number of carboxylic acids is 1. The molecule has 2 heterocycles.